The first-order valence-corrected chi connectivity index (χ1v) is 8.66. The Morgan fingerprint density at radius 2 is 2.39 bits per heavy atom. The van der Waals surface area contributed by atoms with Crippen LogP contribution in [0.5, 0.6) is 0 Å². The number of likely N-dealkylation sites (tertiary alicyclic amines) is 1. The highest BCUT2D eigenvalue weighted by Crippen LogP contribution is 2.39. The van der Waals surface area contributed by atoms with Crippen molar-refractivity contribution in [1.29, 1.82) is 0 Å². The van der Waals surface area contributed by atoms with E-state index >= 15 is 0 Å². The van der Waals surface area contributed by atoms with Gasteiger partial charge in [0.25, 0.3) is 0 Å². The van der Waals surface area contributed by atoms with Gasteiger partial charge < -0.3 is 15.0 Å². The molecular weight excluding hydrogens is 292 g/mol. The van der Waals surface area contributed by atoms with Crippen molar-refractivity contribution in [1.82, 2.24) is 14.9 Å². The number of hydrogen-bond acceptors (Lipinski definition) is 5. The van der Waals surface area contributed by atoms with Crippen LogP contribution in [0.25, 0.3) is 0 Å². The van der Waals surface area contributed by atoms with Crippen LogP contribution < -0.4 is 5.32 Å². The van der Waals surface area contributed by atoms with Crippen molar-refractivity contribution in [2.24, 2.45) is 5.92 Å². The first-order valence-electron chi connectivity index (χ1n) is 8.66. The van der Waals surface area contributed by atoms with Gasteiger partial charge in [-0.1, -0.05) is 6.92 Å². The van der Waals surface area contributed by atoms with E-state index in [0.717, 1.165) is 42.6 Å². The number of hydrogen-bond donors (Lipinski definition) is 1. The molecule has 1 N–H and O–H groups in total. The third-order valence-corrected chi connectivity index (χ3v) is 5.26. The maximum Gasteiger partial charge on any atom is 0.222 e. The summed E-state index contributed by atoms with van der Waals surface area (Å²) in [6.45, 7) is 5.60. The molecule has 1 aromatic heterocycles. The highest BCUT2D eigenvalue weighted by molar-refractivity contribution is 5.76. The summed E-state index contributed by atoms with van der Waals surface area (Å²) in [4.78, 5) is 23.3. The Hall–Kier alpha value is -1.69. The molecule has 1 aliphatic carbocycles. The number of ether oxygens (including phenoxy) is 1. The smallest absolute Gasteiger partial charge is 0.222 e. The predicted molar refractivity (Wildman–Crippen MR) is 86.1 cm³/mol. The van der Waals surface area contributed by atoms with Crippen LogP contribution in [0.2, 0.25) is 0 Å². The van der Waals surface area contributed by atoms with E-state index in [1.807, 2.05) is 18.0 Å². The molecule has 2 fully saturated rings. The van der Waals surface area contributed by atoms with Crippen LogP contribution in [0.3, 0.4) is 0 Å². The molecule has 4 rings (SSSR count). The molecule has 6 nitrogen and oxygen atoms in total. The third-order valence-electron chi connectivity index (χ3n) is 5.26. The van der Waals surface area contributed by atoms with E-state index in [2.05, 4.69) is 10.3 Å². The van der Waals surface area contributed by atoms with Gasteiger partial charge in [0.2, 0.25) is 11.9 Å². The van der Waals surface area contributed by atoms with Gasteiger partial charge in [0.1, 0.15) is 0 Å². The van der Waals surface area contributed by atoms with Crippen molar-refractivity contribution < 1.29 is 9.53 Å². The molecular formula is C17H24N4O2. The number of carbonyl (C=O) groups is 1. The van der Waals surface area contributed by atoms with Crippen molar-refractivity contribution in [3.05, 3.63) is 17.5 Å². The predicted octanol–water partition coefficient (Wildman–Crippen LogP) is 1.71. The van der Waals surface area contributed by atoms with E-state index in [1.165, 1.54) is 12.8 Å². The molecule has 3 heterocycles. The lowest BCUT2D eigenvalue weighted by atomic mass is 9.80. The normalized spacial score (nSPS) is 26.4. The zero-order valence-corrected chi connectivity index (χ0v) is 13.7. The lowest BCUT2D eigenvalue weighted by molar-refractivity contribution is -0.130. The van der Waals surface area contributed by atoms with Crippen LogP contribution in [0.4, 0.5) is 5.95 Å². The molecule has 1 aromatic rings. The van der Waals surface area contributed by atoms with Crippen LogP contribution in [0.1, 0.15) is 43.9 Å². The van der Waals surface area contributed by atoms with Gasteiger partial charge in [-0.3, -0.25) is 4.79 Å². The fourth-order valence-electron chi connectivity index (χ4n) is 3.66. The van der Waals surface area contributed by atoms with Crippen LogP contribution in [0, 0.1) is 5.92 Å². The highest BCUT2D eigenvalue weighted by Gasteiger charge is 2.46. The van der Waals surface area contributed by atoms with E-state index in [9.17, 15) is 4.79 Å². The number of carbonyl (C=O) groups excluding carboxylic acids is 1. The quantitative estimate of drug-likeness (QED) is 0.916. The molecule has 1 saturated heterocycles. The molecule has 3 aliphatic rings. The fraction of sp³-hybridized carbons (Fsp3) is 0.706. The molecule has 2 aliphatic heterocycles. The second kappa shape index (κ2) is 5.74. The van der Waals surface area contributed by atoms with Crippen LogP contribution in [-0.4, -0.2) is 47.0 Å². The number of anilines is 1. The molecule has 1 atom stereocenters. The Morgan fingerprint density at radius 3 is 3.17 bits per heavy atom. The fourth-order valence-corrected chi connectivity index (χ4v) is 3.66. The Morgan fingerprint density at radius 1 is 1.52 bits per heavy atom. The first kappa shape index (κ1) is 14.9. The van der Waals surface area contributed by atoms with Crippen molar-refractivity contribution in [3.63, 3.8) is 0 Å². The summed E-state index contributed by atoms with van der Waals surface area (Å²) in [5.41, 5.74) is 2.00. The molecule has 6 heteroatoms. The minimum atomic E-state index is -0.155. The number of nitrogens with zero attached hydrogens (tertiary/aromatic N) is 3. The second-order valence-corrected chi connectivity index (χ2v) is 7.08. The molecule has 124 valence electrons. The van der Waals surface area contributed by atoms with Crippen molar-refractivity contribution in [2.75, 3.05) is 31.6 Å². The highest BCUT2D eigenvalue weighted by atomic mass is 16.5. The number of fused-ring (bicyclic) bond motifs is 2. The van der Waals surface area contributed by atoms with Gasteiger partial charge in [0.05, 0.1) is 24.3 Å². The average molecular weight is 316 g/mol. The molecule has 1 amide bonds. The Kier molecular flexibility index (Phi) is 3.71. The lowest BCUT2D eigenvalue weighted by Crippen LogP contribution is -2.41. The molecule has 1 saturated carbocycles. The first-order chi connectivity index (χ1) is 11.2. The summed E-state index contributed by atoms with van der Waals surface area (Å²) in [5, 5.41) is 3.36. The van der Waals surface area contributed by atoms with Gasteiger partial charge >= 0.3 is 0 Å². The number of amides is 1. The van der Waals surface area contributed by atoms with Crippen LogP contribution >= 0.6 is 0 Å². The summed E-state index contributed by atoms with van der Waals surface area (Å²) in [5.74, 6) is 1.73. The van der Waals surface area contributed by atoms with Gasteiger partial charge in [0, 0.05) is 37.8 Å². The Labute approximate surface area is 136 Å². The van der Waals surface area contributed by atoms with E-state index in [4.69, 9.17) is 9.72 Å². The van der Waals surface area contributed by atoms with Crippen molar-refractivity contribution in [2.45, 2.75) is 44.6 Å². The second-order valence-electron chi connectivity index (χ2n) is 7.08. The zero-order valence-electron chi connectivity index (χ0n) is 13.7. The topological polar surface area (TPSA) is 67.4 Å². The maximum atomic E-state index is 12.0. The third kappa shape index (κ3) is 2.80. The molecule has 0 radical (unpaired) electrons. The molecule has 1 spiro atoms. The number of aromatic nitrogens is 2. The van der Waals surface area contributed by atoms with Crippen molar-refractivity contribution in [3.8, 4) is 0 Å². The van der Waals surface area contributed by atoms with Gasteiger partial charge in [-0.25, -0.2) is 9.97 Å². The Balaban J connectivity index is 1.58. The van der Waals surface area contributed by atoms with Gasteiger partial charge in [0.15, 0.2) is 0 Å². The Bertz CT molecular complexity index is 617. The summed E-state index contributed by atoms with van der Waals surface area (Å²) >= 11 is 0. The largest absolute Gasteiger partial charge is 0.376 e. The number of rotatable bonds is 4. The maximum absolute atomic E-state index is 12.0. The van der Waals surface area contributed by atoms with E-state index in [-0.39, 0.29) is 11.3 Å². The monoisotopic (exact) mass is 316 g/mol. The van der Waals surface area contributed by atoms with Gasteiger partial charge in [-0.05, 0) is 25.2 Å². The summed E-state index contributed by atoms with van der Waals surface area (Å²) in [6.07, 6.45) is 5.99. The molecule has 1 unspecified atom stereocenters. The van der Waals surface area contributed by atoms with E-state index in [0.29, 0.717) is 26.2 Å². The standard InChI is InChI=1S/C17H24N4O2/c1-2-14(22)21-6-5-17(10-21)11-23-9-13-8-19-16(20-15(13)17)18-7-12-3-4-12/h8,12H,2-7,9-11H2,1H3,(H,18,19,20). The van der Waals surface area contributed by atoms with Gasteiger partial charge in [-0.2, -0.15) is 0 Å². The summed E-state index contributed by atoms with van der Waals surface area (Å²) in [7, 11) is 0. The minimum absolute atomic E-state index is 0.155. The summed E-state index contributed by atoms with van der Waals surface area (Å²) in [6, 6.07) is 0. The van der Waals surface area contributed by atoms with Gasteiger partial charge in [-0.15, -0.1) is 0 Å². The lowest BCUT2D eigenvalue weighted by Gasteiger charge is -2.34. The SMILES string of the molecule is CCC(=O)N1CCC2(COCc3cnc(NCC4CC4)nc32)C1. The van der Waals surface area contributed by atoms with Crippen LogP contribution in [0.15, 0.2) is 6.20 Å². The van der Waals surface area contributed by atoms with E-state index < -0.39 is 0 Å². The van der Waals surface area contributed by atoms with Crippen molar-refractivity contribution >= 4 is 11.9 Å². The summed E-state index contributed by atoms with van der Waals surface area (Å²) < 4.78 is 5.81. The molecule has 23 heavy (non-hydrogen) atoms. The van der Waals surface area contributed by atoms with Crippen LogP contribution in [-0.2, 0) is 21.6 Å². The zero-order chi connectivity index (χ0) is 15.9. The number of nitrogens with one attached hydrogen (secondary N) is 1. The van der Waals surface area contributed by atoms with E-state index in [1.54, 1.807) is 0 Å². The molecule has 0 bridgehead atoms. The minimum Gasteiger partial charge on any atom is -0.376 e. The average Bonchev–Trinajstić information content (AvgIpc) is 3.32. The molecule has 0 aromatic carbocycles.